The quantitative estimate of drug-likeness (QED) is 0.723. The van der Waals surface area contributed by atoms with Gasteiger partial charge in [0.1, 0.15) is 18.5 Å². The highest BCUT2D eigenvalue weighted by Crippen LogP contribution is 2.24. The summed E-state index contributed by atoms with van der Waals surface area (Å²) in [7, 11) is 0. The van der Waals surface area contributed by atoms with Gasteiger partial charge < -0.3 is 10.2 Å². The van der Waals surface area contributed by atoms with Crippen LogP contribution in [0.25, 0.3) is 5.82 Å². The first-order valence-electron chi connectivity index (χ1n) is 8.80. The fraction of sp³-hybridized carbons (Fsp3) is 0.278. The van der Waals surface area contributed by atoms with Crippen molar-refractivity contribution in [3.63, 3.8) is 0 Å². The lowest BCUT2D eigenvalue weighted by Gasteiger charge is -2.31. The third-order valence-electron chi connectivity index (χ3n) is 4.67. The van der Waals surface area contributed by atoms with Gasteiger partial charge in [-0.1, -0.05) is 11.6 Å². The maximum absolute atomic E-state index is 13.9. The maximum atomic E-state index is 13.9. The number of hydrogen-bond donors (Lipinski definition) is 1. The van der Waals surface area contributed by atoms with Crippen LogP contribution in [0.3, 0.4) is 0 Å². The van der Waals surface area contributed by atoms with Gasteiger partial charge in [0, 0.05) is 24.0 Å². The van der Waals surface area contributed by atoms with Crippen molar-refractivity contribution in [2.45, 2.75) is 12.8 Å². The Kier molecular flexibility index (Phi) is 5.16. The Morgan fingerprint density at radius 3 is 2.54 bits per heavy atom. The molecule has 0 atom stereocenters. The van der Waals surface area contributed by atoms with Gasteiger partial charge in [-0.15, -0.1) is 10.2 Å². The molecule has 144 valence electrons. The first-order chi connectivity index (χ1) is 13.6. The van der Waals surface area contributed by atoms with Gasteiger partial charge >= 0.3 is 0 Å². The SMILES string of the molecule is O=C(Nc1ccc(Cl)cc1F)C1CCN(c2ccc(-n3cncn3)nn2)CC1. The number of benzene rings is 1. The Balaban J connectivity index is 1.34. The molecule has 1 aliphatic heterocycles. The fourth-order valence-electron chi connectivity index (χ4n) is 3.13. The summed E-state index contributed by atoms with van der Waals surface area (Å²) >= 11 is 5.74. The molecule has 1 N–H and O–H groups in total. The Hall–Kier alpha value is -3.07. The Morgan fingerprint density at radius 1 is 1.14 bits per heavy atom. The summed E-state index contributed by atoms with van der Waals surface area (Å²) < 4.78 is 15.4. The number of aromatic nitrogens is 5. The topological polar surface area (TPSA) is 88.8 Å². The van der Waals surface area contributed by atoms with E-state index in [1.807, 2.05) is 12.1 Å². The summed E-state index contributed by atoms with van der Waals surface area (Å²) in [5, 5.41) is 15.4. The zero-order chi connectivity index (χ0) is 19.5. The second kappa shape index (κ2) is 7.89. The molecular weight excluding hydrogens is 385 g/mol. The van der Waals surface area contributed by atoms with Crippen LogP contribution in [0.2, 0.25) is 5.02 Å². The second-order valence-electron chi connectivity index (χ2n) is 6.46. The van der Waals surface area contributed by atoms with Gasteiger partial charge in [-0.3, -0.25) is 4.79 Å². The number of piperidine rings is 1. The van der Waals surface area contributed by atoms with Crippen LogP contribution in [0.15, 0.2) is 43.0 Å². The molecule has 1 amide bonds. The molecule has 1 fully saturated rings. The van der Waals surface area contributed by atoms with Gasteiger partial charge in [0.2, 0.25) is 5.91 Å². The predicted octanol–water partition coefficient (Wildman–Crippen LogP) is 2.70. The van der Waals surface area contributed by atoms with Crippen LogP contribution < -0.4 is 10.2 Å². The molecule has 0 spiro atoms. The second-order valence-corrected chi connectivity index (χ2v) is 6.90. The molecule has 4 rings (SSSR count). The van der Waals surface area contributed by atoms with Gasteiger partial charge in [-0.25, -0.2) is 14.1 Å². The van der Waals surface area contributed by atoms with Crippen LogP contribution >= 0.6 is 11.6 Å². The summed E-state index contributed by atoms with van der Waals surface area (Å²) in [5.41, 5.74) is 0.145. The molecule has 3 aromatic rings. The minimum absolute atomic E-state index is 0.145. The van der Waals surface area contributed by atoms with Gasteiger partial charge in [-0.2, -0.15) is 5.10 Å². The smallest absolute Gasteiger partial charge is 0.227 e. The van der Waals surface area contributed by atoms with Gasteiger partial charge in [0.25, 0.3) is 0 Å². The van der Waals surface area contributed by atoms with Crippen molar-refractivity contribution in [3.8, 4) is 5.82 Å². The highest BCUT2D eigenvalue weighted by atomic mass is 35.5. The average molecular weight is 402 g/mol. The van der Waals surface area contributed by atoms with Crippen molar-refractivity contribution >= 4 is 29.0 Å². The van der Waals surface area contributed by atoms with Gasteiger partial charge in [0.15, 0.2) is 11.6 Å². The summed E-state index contributed by atoms with van der Waals surface area (Å²) in [6.45, 7) is 1.33. The lowest BCUT2D eigenvalue weighted by Crippen LogP contribution is -2.38. The monoisotopic (exact) mass is 401 g/mol. The molecule has 10 heteroatoms. The van der Waals surface area contributed by atoms with Crippen molar-refractivity contribution < 1.29 is 9.18 Å². The fourth-order valence-corrected chi connectivity index (χ4v) is 3.29. The summed E-state index contributed by atoms with van der Waals surface area (Å²) in [6.07, 6.45) is 4.28. The van der Waals surface area contributed by atoms with E-state index in [9.17, 15) is 9.18 Å². The standard InChI is InChI=1S/C18H17ClFN7O/c19-13-1-2-15(14(20)9-13)23-18(28)12-5-7-26(8-6-12)16-3-4-17(25-24-16)27-11-21-10-22-27/h1-4,9-12H,5-8H2,(H,23,28). The molecule has 0 aliphatic carbocycles. The number of carbonyl (C=O) groups excluding carboxylic acids is 1. The van der Waals surface area contributed by atoms with E-state index in [4.69, 9.17) is 11.6 Å². The van der Waals surface area contributed by atoms with Gasteiger partial charge in [-0.05, 0) is 43.2 Å². The van der Waals surface area contributed by atoms with E-state index < -0.39 is 5.82 Å². The number of carbonyl (C=O) groups is 1. The van der Waals surface area contributed by atoms with Crippen LogP contribution in [0, 0.1) is 11.7 Å². The van der Waals surface area contributed by atoms with Crippen molar-refractivity contribution in [2.24, 2.45) is 5.92 Å². The molecule has 0 radical (unpaired) electrons. The number of halogens is 2. The highest BCUT2D eigenvalue weighted by Gasteiger charge is 2.26. The molecular formula is C18H17ClFN7O. The normalized spacial score (nSPS) is 14.9. The molecule has 2 aromatic heterocycles. The zero-order valence-electron chi connectivity index (χ0n) is 14.8. The van der Waals surface area contributed by atoms with Crippen LogP contribution in [-0.4, -0.2) is 44.0 Å². The van der Waals surface area contributed by atoms with Crippen molar-refractivity contribution in [2.75, 3.05) is 23.3 Å². The van der Waals surface area contributed by atoms with Crippen molar-refractivity contribution in [3.05, 3.63) is 53.8 Å². The lowest BCUT2D eigenvalue weighted by atomic mass is 9.96. The third kappa shape index (κ3) is 3.94. The molecule has 0 saturated carbocycles. The summed E-state index contributed by atoms with van der Waals surface area (Å²) in [6, 6.07) is 7.88. The van der Waals surface area contributed by atoms with Crippen molar-refractivity contribution in [1.82, 2.24) is 25.0 Å². The molecule has 1 aliphatic rings. The minimum atomic E-state index is -0.541. The molecule has 1 saturated heterocycles. The molecule has 0 bridgehead atoms. The van der Waals surface area contributed by atoms with E-state index in [1.165, 1.54) is 23.1 Å². The lowest BCUT2D eigenvalue weighted by molar-refractivity contribution is -0.120. The van der Waals surface area contributed by atoms with E-state index in [1.54, 1.807) is 12.4 Å². The summed E-state index contributed by atoms with van der Waals surface area (Å²) in [4.78, 5) is 18.4. The van der Waals surface area contributed by atoms with Crippen LogP contribution in [-0.2, 0) is 4.79 Å². The van der Waals surface area contributed by atoms with Crippen LogP contribution in [0.5, 0.6) is 0 Å². The molecule has 8 nitrogen and oxygen atoms in total. The summed E-state index contributed by atoms with van der Waals surface area (Å²) in [5.74, 6) is 0.412. The molecule has 28 heavy (non-hydrogen) atoms. The largest absolute Gasteiger partial charge is 0.355 e. The van der Waals surface area contributed by atoms with E-state index in [0.717, 1.165) is 5.82 Å². The Morgan fingerprint density at radius 2 is 1.89 bits per heavy atom. The Bertz CT molecular complexity index is 957. The first kappa shape index (κ1) is 18.3. The zero-order valence-corrected chi connectivity index (χ0v) is 15.6. The molecule has 1 aromatic carbocycles. The molecule has 0 unspecified atom stereocenters. The van der Waals surface area contributed by atoms with E-state index in [0.29, 0.717) is 36.8 Å². The number of nitrogens with one attached hydrogen (secondary N) is 1. The van der Waals surface area contributed by atoms with Crippen molar-refractivity contribution in [1.29, 1.82) is 0 Å². The van der Waals surface area contributed by atoms with Crippen LogP contribution in [0.4, 0.5) is 15.9 Å². The number of amides is 1. The van der Waals surface area contributed by atoms with E-state index >= 15 is 0 Å². The predicted molar refractivity (Wildman–Crippen MR) is 102 cm³/mol. The molecule has 3 heterocycles. The van der Waals surface area contributed by atoms with E-state index in [-0.39, 0.29) is 17.5 Å². The number of rotatable bonds is 4. The number of nitrogens with zero attached hydrogens (tertiary/aromatic N) is 6. The van der Waals surface area contributed by atoms with E-state index in [2.05, 4.69) is 30.5 Å². The number of anilines is 2. The Labute approximate surface area is 165 Å². The third-order valence-corrected chi connectivity index (χ3v) is 4.90. The number of hydrogen-bond acceptors (Lipinski definition) is 6. The van der Waals surface area contributed by atoms with Gasteiger partial charge in [0.05, 0.1) is 5.69 Å². The maximum Gasteiger partial charge on any atom is 0.227 e. The highest BCUT2D eigenvalue weighted by molar-refractivity contribution is 6.30. The first-order valence-corrected chi connectivity index (χ1v) is 9.17. The average Bonchev–Trinajstić information content (AvgIpc) is 3.25. The minimum Gasteiger partial charge on any atom is -0.355 e. The van der Waals surface area contributed by atoms with Crippen LogP contribution in [0.1, 0.15) is 12.8 Å².